The first-order valence-electron chi connectivity index (χ1n) is 5.58. The highest BCUT2D eigenvalue weighted by atomic mass is 79.9. The summed E-state index contributed by atoms with van der Waals surface area (Å²) in [5.74, 6) is 0.792. The molecule has 0 amide bonds. The zero-order chi connectivity index (χ0) is 14.5. The minimum Gasteiger partial charge on any atom is -0.493 e. The van der Waals surface area contributed by atoms with Crippen molar-refractivity contribution in [3.63, 3.8) is 0 Å². The fourth-order valence-corrected chi connectivity index (χ4v) is 2.58. The Kier molecular flexibility index (Phi) is 4.91. The van der Waals surface area contributed by atoms with Crippen molar-refractivity contribution in [2.45, 2.75) is 11.9 Å². The zero-order valence-corrected chi connectivity index (χ0v) is 12.9. The predicted molar refractivity (Wildman–Crippen MR) is 78.7 cm³/mol. The van der Waals surface area contributed by atoms with Crippen LogP contribution >= 0.6 is 27.3 Å². The van der Waals surface area contributed by atoms with Crippen molar-refractivity contribution >= 4 is 33.0 Å². The standard InChI is InChI=1S/C12H11BrN2O4S/c1-18-10-4-8(6-13)9(15(16)17)5-11(10)19-7-12-14-2-3-20-12/h2-5H,6-7H2,1H3. The SMILES string of the molecule is COc1cc(CBr)c([N+](=O)[O-])cc1OCc1nccs1. The fraction of sp³-hybridized carbons (Fsp3) is 0.250. The van der Waals surface area contributed by atoms with Gasteiger partial charge in [-0.15, -0.1) is 11.3 Å². The second-order valence-electron chi connectivity index (χ2n) is 3.74. The van der Waals surface area contributed by atoms with E-state index in [4.69, 9.17) is 9.47 Å². The van der Waals surface area contributed by atoms with E-state index in [2.05, 4.69) is 20.9 Å². The van der Waals surface area contributed by atoms with Gasteiger partial charge in [0.15, 0.2) is 11.5 Å². The van der Waals surface area contributed by atoms with Crippen LogP contribution in [-0.4, -0.2) is 17.0 Å². The largest absolute Gasteiger partial charge is 0.493 e. The van der Waals surface area contributed by atoms with Crippen LogP contribution < -0.4 is 9.47 Å². The molecular weight excluding hydrogens is 348 g/mol. The molecule has 0 unspecified atom stereocenters. The van der Waals surface area contributed by atoms with E-state index in [0.717, 1.165) is 5.01 Å². The van der Waals surface area contributed by atoms with Crippen LogP contribution in [-0.2, 0) is 11.9 Å². The van der Waals surface area contributed by atoms with Gasteiger partial charge in [-0.25, -0.2) is 4.98 Å². The number of nitro groups is 1. The van der Waals surface area contributed by atoms with Crippen molar-refractivity contribution in [3.05, 3.63) is 44.4 Å². The van der Waals surface area contributed by atoms with Crippen LogP contribution in [0.3, 0.4) is 0 Å². The van der Waals surface area contributed by atoms with Gasteiger partial charge in [0, 0.05) is 22.5 Å². The summed E-state index contributed by atoms with van der Waals surface area (Å²) in [6.45, 7) is 0.249. The molecule has 0 bridgehead atoms. The molecule has 0 aliphatic carbocycles. The van der Waals surface area contributed by atoms with Gasteiger partial charge in [-0.05, 0) is 6.07 Å². The number of alkyl halides is 1. The number of aromatic nitrogens is 1. The van der Waals surface area contributed by atoms with Crippen molar-refractivity contribution < 1.29 is 14.4 Å². The Hall–Kier alpha value is -1.67. The lowest BCUT2D eigenvalue weighted by atomic mass is 10.2. The van der Waals surface area contributed by atoms with E-state index in [1.165, 1.54) is 24.5 Å². The van der Waals surface area contributed by atoms with Crippen LogP contribution in [0.1, 0.15) is 10.6 Å². The molecule has 0 aliphatic heterocycles. The van der Waals surface area contributed by atoms with E-state index in [9.17, 15) is 10.1 Å². The molecule has 0 saturated heterocycles. The van der Waals surface area contributed by atoms with E-state index in [0.29, 0.717) is 22.4 Å². The topological polar surface area (TPSA) is 74.5 Å². The molecule has 0 atom stereocenters. The van der Waals surface area contributed by atoms with Crippen molar-refractivity contribution in [2.24, 2.45) is 0 Å². The number of ether oxygens (including phenoxy) is 2. The van der Waals surface area contributed by atoms with Gasteiger partial charge in [-0.1, -0.05) is 15.9 Å². The van der Waals surface area contributed by atoms with E-state index < -0.39 is 4.92 Å². The van der Waals surface area contributed by atoms with E-state index in [1.807, 2.05) is 5.38 Å². The normalized spacial score (nSPS) is 10.3. The number of nitrogens with zero attached hydrogens (tertiary/aromatic N) is 2. The summed E-state index contributed by atoms with van der Waals surface area (Å²) in [5, 5.41) is 14.0. The molecular formula is C12H11BrN2O4S. The first kappa shape index (κ1) is 14.7. The van der Waals surface area contributed by atoms with E-state index in [-0.39, 0.29) is 12.3 Å². The van der Waals surface area contributed by atoms with Gasteiger partial charge in [0.1, 0.15) is 11.6 Å². The van der Waals surface area contributed by atoms with Crippen molar-refractivity contribution in [3.8, 4) is 11.5 Å². The third-order valence-corrected chi connectivity index (χ3v) is 3.90. The summed E-state index contributed by atoms with van der Waals surface area (Å²) in [6.07, 6.45) is 1.68. The average Bonchev–Trinajstić information content (AvgIpc) is 2.97. The van der Waals surface area contributed by atoms with Crippen LogP contribution in [0, 0.1) is 10.1 Å². The number of benzene rings is 1. The molecule has 0 spiro atoms. The summed E-state index contributed by atoms with van der Waals surface area (Å²) in [4.78, 5) is 14.7. The second-order valence-corrected chi connectivity index (χ2v) is 5.28. The molecule has 6 nitrogen and oxygen atoms in total. The molecule has 0 radical (unpaired) electrons. The molecule has 0 fully saturated rings. The molecule has 0 aliphatic rings. The Bertz CT molecular complexity index is 604. The highest BCUT2D eigenvalue weighted by Gasteiger charge is 2.19. The molecule has 2 rings (SSSR count). The van der Waals surface area contributed by atoms with Crippen molar-refractivity contribution in [1.29, 1.82) is 0 Å². The van der Waals surface area contributed by atoms with Crippen LogP contribution in [0.15, 0.2) is 23.7 Å². The van der Waals surface area contributed by atoms with Gasteiger partial charge in [0.25, 0.3) is 5.69 Å². The summed E-state index contributed by atoms with van der Waals surface area (Å²) in [7, 11) is 1.50. The Labute approximate surface area is 127 Å². The number of hydrogen-bond donors (Lipinski definition) is 0. The number of nitro benzene ring substituents is 1. The van der Waals surface area contributed by atoms with Gasteiger partial charge in [-0.3, -0.25) is 10.1 Å². The molecule has 0 N–H and O–H groups in total. The highest BCUT2D eigenvalue weighted by molar-refractivity contribution is 9.08. The summed E-state index contributed by atoms with van der Waals surface area (Å²) in [6, 6.07) is 2.98. The van der Waals surface area contributed by atoms with Crippen molar-refractivity contribution in [2.75, 3.05) is 7.11 Å². The van der Waals surface area contributed by atoms with Crippen LogP contribution in [0.2, 0.25) is 0 Å². The third kappa shape index (κ3) is 3.26. The average molecular weight is 359 g/mol. The summed E-state index contributed by atoms with van der Waals surface area (Å²) < 4.78 is 10.8. The molecule has 106 valence electrons. The minimum absolute atomic E-state index is 0.00295. The number of hydrogen-bond acceptors (Lipinski definition) is 6. The maximum Gasteiger partial charge on any atom is 0.277 e. The monoisotopic (exact) mass is 358 g/mol. The lowest BCUT2D eigenvalue weighted by Gasteiger charge is -2.11. The first-order valence-corrected chi connectivity index (χ1v) is 7.58. The minimum atomic E-state index is -0.438. The van der Waals surface area contributed by atoms with Crippen LogP contribution in [0.4, 0.5) is 5.69 Å². The van der Waals surface area contributed by atoms with E-state index >= 15 is 0 Å². The molecule has 1 heterocycles. The fourth-order valence-electron chi connectivity index (χ4n) is 1.60. The highest BCUT2D eigenvalue weighted by Crippen LogP contribution is 2.36. The van der Waals surface area contributed by atoms with Gasteiger partial charge < -0.3 is 9.47 Å². The maximum absolute atomic E-state index is 11.0. The molecule has 1 aromatic carbocycles. The quantitative estimate of drug-likeness (QED) is 0.448. The number of rotatable bonds is 6. The third-order valence-electron chi connectivity index (χ3n) is 2.54. The van der Waals surface area contributed by atoms with Gasteiger partial charge in [0.05, 0.1) is 18.1 Å². The first-order chi connectivity index (χ1) is 9.65. The Balaban J connectivity index is 2.30. The maximum atomic E-state index is 11.0. The number of thiazole rings is 1. The van der Waals surface area contributed by atoms with Crippen LogP contribution in [0.5, 0.6) is 11.5 Å². The lowest BCUT2D eigenvalue weighted by Crippen LogP contribution is -2.01. The molecule has 0 saturated carbocycles. The molecule has 1 aromatic heterocycles. The predicted octanol–water partition coefficient (Wildman–Crippen LogP) is 3.53. The molecule has 2 aromatic rings. The van der Waals surface area contributed by atoms with Gasteiger partial charge in [-0.2, -0.15) is 0 Å². The second kappa shape index (κ2) is 6.67. The van der Waals surface area contributed by atoms with Crippen molar-refractivity contribution in [1.82, 2.24) is 4.98 Å². The lowest BCUT2D eigenvalue weighted by molar-refractivity contribution is -0.385. The van der Waals surface area contributed by atoms with Gasteiger partial charge >= 0.3 is 0 Å². The summed E-state index contributed by atoms with van der Waals surface area (Å²) in [5.41, 5.74) is 0.533. The van der Waals surface area contributed by atoms with Crippen LogP contribution in [0.25, 0.3) is 0 Å². The Morgan fingerprint density at radius 3 is 2.80 bits per heavy atom. The van der Waals surface area contributed by atoms with Gasteiger partial charge in [0.2, 0.25) is 0 Å². The smallest absolute Gasteiger partial charge is 0.277 e. The molecule has 8 heteroatoms. The van der Waals surface area contributed by atoms with E-state index in [1.54, 1.807) is 12.3 Å². The Morgan fingerprint density at radius 1 is 1.45 bits per heavy atom. The Morgan fingerprint density at radius 2 is 2.25 bits per heavy atom. The number of methoxy groups -OCH3 is 1. The zero-order valence-electron chi connectivity index (χ0n) is 10.5. The summed E-state index contributed by atoms with van der Waals surface area (Å²) >= 11 is 4.68. The molecule has 20 heavy (non-hydrogen) atoms. The number of halogens is 1.